The molecule has 5 heteroatoms. The molecular weight excluding hydrogens is 243 g/mol. The Hall–Kier alpha value is -0.320. The van der Waals surface area contributed by atoms with E-state index in [1.165, 1.54) is 0 Å². The summed E-state index contributed by atoms with van der Waals surface area (Å²) in [6.07, 6.45) is 6.89. The molecule has 1 aliphatic rings. The highest BCUT2D eigenvalue weighted by Crippen LogP contribution is 2.32. The molecule has 3 N–H and O–H groups in total. The van der Waals surface area contributed by atoms with Gasteiger partial charge in [0.1, 0.15) is 4.32 Å². The maximum absolute atomic E-state index is 11.2. The van der Waals surface area contributed by atoms with Gasteiger partial charge < -0.3 is 0 Å². The van der Waals surface area contributed by atoms with Gasteiger partial charge in [0, 0.05) is 0 Å². The summed E-state index contributed by atoms with van der Waals surface area (Å²) in [5, 5.41) is -0.425. The third-order valence-corrected chi connectivity index (χ3v) is 3.48. The molecule has 1 aliphatic carbocycles. The van der Waals surface area contributed by atoms with Gasteiger partial charge in [0.25, 0.3) is 5.91 Å². The van der Waals surface area contributed by atoms with Crippen molar-refractivity contribution in [3.05, 3.63) is 24.3 Å². The summed E-state index contributed by atoms with van der Waals surface area (Å²) in [6.45, 7) is 0. The Labute approximate surface area is 83.7 Å². The molecule has 0 saturated carbocycles. The fourth-order valence-electron chi connectivity index (χ4n) is 0.901. The van der Waals surface area contributed by atoms with Crippen LogP contribution >= 0.6 is 27.5 Å². The van der Waals surface area contributed by atoms with Gasteiger partial charge in [0.15, 0.2) is 0 Å². The number of alkyl halides is 2. The Kier molecular flexibility index (Phi) is 2.93. The van der Waals surface area contributed by atoms with Crippen molar-refractivity contribution in [1.82, 2.24) is 5.43 Å². The summed E-state index contributed by atoms with van der Waals surface area (Å²) in [5.74, 6) is 4.65. The molecule has 0 bridgehead atoms. The molecule has 0 aromatic heterocycles. The van der Waals surface area contributed by atoms with Gasteiger partial charge in [-0.05, 0) is 0 Å². The predicted molar refractivity (Wildman–Crippen MR) is 51.9 cm³/mol. The molecule has 66 valence electrons. The summed E-state index contributed by atoms with van der Waals surface area (Å²) in [4.78, 5) is 11.2. The average molecular weight is 252 g/mol. The zero-order valence-corrected chi connectivity index (χ0v) is 8.47. The van der Waals surface area contributed by atoms with E-state index in [0.717, 1.165) is 0 Å². The molecule has 0 spiro atoms. The molecule has 0 heterocycles. The van der Waals surface area contributed by atoms with Gasteiger partial charge in [-0.2, -0.15) is 0 Å². The number of halogens is 2. The van der Waals surface area contributed by atoms with Gasteiger partial charge in [-0.15, -0.1) is 11.6 Å². The topological polar surface area (TPSA) is 55.1 Å². The Morgan fingerprint density at radius 1 is 1.67 bits per heavy atom. The number of rotatable bonds is 1. The zero-order chi connectivity index (χ0) is 9.19. The van der Waals surface area contributed by atoms with Gasteiger partial charge in [-0.3, -0.25) is 10.2 Å². The lowest BCUT2D eigenvalue weighted by atomic mass is 9.99. The smallest absolute Gasteiger partial charge is 0.256 e. The number of hydrazine groups is 1. The van der Waals surface area contributed by atoms with Crippen molar-refractivity contribution in [2.24, 2.45) is 5.84 Å². The van der Waals surface area contributed by atoms with Crippen LogP contribution < -0.4 is 11.3 Å². The molecule has 3 nitrogen and oxygen atoms in total. The van der Waals surface area contributed by atoms with Crippen molar-refractivity contribution in [2.45, 2.75) is 9.70 Å². The van der Waals surface area contributed by atoms with Crippen LogP contribution in [0.15, 0.2) is 24.3 Å². The van der Waals surface area contributed by atoms with Gasteiger partial charge >= 0.3 is 0 Å². The Balaban J connectivity index is 2.90. The van der Waals surface area contributed by atoms with Crippen LogP contribution in [-0.2, 0) is 4.79 Å². The zero-order valence-electron chi connectivity index (χ0n) is 6.13. The molecule has 1 rings (SSSR count). The summed E-state index contributed by atoms with van der Waals surface area (Å²) >= 11 is 9.12. The van der Waals surface area contributed by atoms with Gasteiger partial charge in [0.2, 0.25) is 0 Å². The highest BCUT2D eigenvalue weighted by atomic mass is 79.9. The van der Waals surface area contributed by atoms with Crippen molar-refractivity contribution < 1.29 is 4.79 Å². The van der Waals surface area contributed by atoms with Crippen LogP contribution in [0.2, 0.25) is 0 Å². The standard InChI is InChI=1S/C7H8BrClN2O/c8-7(6(12)11-10)4-2-1-3-5(7)9/h1-5H,10H2,(H,11,12). The average Bonchev–Trinajstić information content (AvgIpc) is 2.09. The summed E-state index contributed by atoms with van der Waals surface area (Å²) in [6, 6.07) is 0. The molecule has 0 fully saturated rings. The van der Waals surface area contributed by atoms with Crippen LogP contribution in [0.1, 0.15) is 0 Å². The minimum absolute atomic E-state index is 0.358. The number of hydrogen-bond acceptors (Lipinski definition) is 2. The van der Waals surface area contributed by atoms with E-state index in [1.54, 1.807) is 24.3 Å². The molecule has 1 amide bonds. The van der Waals surface area contributed by atoms with E-state index in [1.807, 2.05) is 0 Å². The van der Waals surface area contributed by atoms with E-state index in [4.69, 9.17) is 17.4 Å². The SMILES string of the molecule is NNC(=O)C1(Br)C=CC=CC1Cl. The molecule has 0 radical (unpaired) electrons. The van der Waals surface area contributed by atoms with E-state index < -0.39 is 9.70 Å². The lowest BCUT2D eigenvalue weighted by Gasteiger charge is -2.26. The first kappa shape index (κ1) is 9.77. The van der Waals surface area contributed by atoms with Crippen LogP contribution in [0, 0.1) is 0 Å². The second-order valence-electron chi connectivity index (χ2n) is 2.39. The number of allylic oxidation sites excluding steroid dienone is 3. The first-order valence-electron chi connectivity index (χ1n) is 3.31. The van der Waals surface area contributed by atoms with E-state index in [2.05, 4.69) is 21.4 Å². The number of hydrogen-bond donors (Lipinski definition) is 2. The van der Waals surface area contributed by atoms with Crippen LogP contribution in [0.5, 0.6) is 0 Å². The molecule has 0 aliphatic heterocycles. The molecule has 0 saturated heterocycles. The van der Waals surface area contributed by atoms with E-state index >= 15 is 0 Å². The van der Waals surface area contributed by atoms with E-state index in [9.17, 15) is 4.79 Å². The lowest BCUT2D eigenvalue weighted by Crippen LogP contribution is -2.49. The van der Waals surface area contributed by atoms with Crippen molar-refractivity contribution in [1.29, 1.82) is 0 Å². The highest BCUT2D eigenvalue weighted by molar-refractivity contribution is 9.10. The summed E-state index contributed by atoms with van der Waals surface area (Å²) < 4.78 is -0.919. The quantitative estimate of drug-likeness (QED) is 0.314. The van der Waals surface area contributed by atoms with Crippen LogP contribution in [0.4, 0.5) is 0 Å². The molecule has 2 atom stereocenters. The molecule has 12 heavy (non-hydrogen) atoms. The first-order valence-corrected chi connectivity index (χ1v) is 4.54. The molecule has 0 aromatic rings. The summed E-state index contributed by atoms with van der Waals surface area (Å²) in [7, 11) is 0. The maximum atomic E-state index is 11.2. The Morgan fingerprint density at radius 2 is 2.33 bits per heavy atom. The Bertz CT molecular complexity index is 254. The monoisotopic (exact) mass is 250 g/mol. The normalized spacial score (nSPS) is 33.4. The minimum Gasteiger partial charge on any atom is -0.293 e. The lowest BCUT2D eigenvalue weighted by molar-refractivity contribution is -0.122. The fraction of sp³-hybridized carbons (Fsp3) is 0.286. The second-order valence-corrected chi connectivity index (χ2v) is 4.17. The van der Waals surface area contributed by atoms with E-state index in [0.29, 0.717) is 0 Å². The van der Waals surface area contributed by atoms with Crippen molar-refractivity contribution in [3.63, 3.8) is 0 Å². The van der Waals surface area contributed by atoms with Crippen molar-refractivity contribution in [3.8, 4) is 0 Å². The second kappa shape index (κ2) is 3.60. The van der Waals surface area contributed by atoms with Crippen LogP contribution in [-0.4, -0.2) is 15.6 Å². The largest absolute Gasteiger partial charge is 0.293 e. The number of carbonyl (C=O) groups is 1. The summed E-state index contributed by atoms with van der Waals surface area (Å²) in [5.41, 5.74) is 2.05. The molecule has 2 unspecified atom stereocenters. The third-order valence-electron chi connectivity index (χ3n) is 1.61. The number of nitrogens with one attached hydrogen (secondary N) is 1. The van der Waals surface area contributed by atoms with Crippen LogP contribution in [0.25, 0.3) is 0 Å². The fourth-order valence-corrected chi connectivity index (χ4v) is 1.58. The number of carbonyl (C=O) groups excluding carboxylic acids is 1. The van der Waals surface area contributed by atoms with E-state index in [-0.39, 0.29) is 5.91 Å². The number of amides is 1. The van der Waals surface area contributed by atoms with Crippen molar-refractivity contribution >= 4 is 33.4 Å². The highest BCUT2D eigenvalue weighted by Gasteiger charge is 2.39. The Morgan fingerprint density at radius 3 is 2.83 bits per heavy atom. The minimum atomic E-state index is -0.919. The van der Waals surface area contributed by atoms with Gasteiger partial charge in [0.05, 0.1) is 5.38 Å². The van der Waals surface area contributed by atoms with Gasteiger partial charge in [-0.25, -0.2) is 5.84 Å². The van der Waals surface area contributed by atoms with Gasteiger partial charge in [-0.1, -0.05) is 40.2 Å². The van der Waals surface area contributed by atoms with Crippen molar-refractivity contribution in [2.75, 3.05) is 0 Å². The first-order chi connectivity index (χ1) is 5.61. The molecular formula is C7H8BrClN2O. The van der Waals surface area contributed by atoms with Crippen LogP contribution in [0.3, 0.4) is 0 Å². The molecule has 0 aromatic carbocycles. The predicted octanol–water partition coefficient (Wildman–Crippen LogP) is 0.843. The third kappa shape index (κ3) is 1.55. The number of nitrogens with two attached hydrogens (primary N) is 1. The maximum Gasteiger partial charge on any atom is 0.256 e.